The summed E-state index contributed by atoms with van der Waals surface area (Å²) in [5.41, 5.74) is 3.47. The summed E-state index contributed by atoms with van der Waals surface area (Å²) < 4.78 is 7.52. The molecule has 3 rings (SSSR count). The number of hydrogen-bond acceptors (Lipinski definition) is 3. The standard InChI is InChI=1S/C18H19N3O/c1-21-13-17(19-20-21)10-7-15-8-11-18(12-9-15)22-14-16-5-3-2-4-6-16/h2-6,8-9,11-13H,7,10,14H2,1H3. The van der Waals surface area contributed by atoms with E-state index in [1.807, 2.05) is 43.6 Å². The number of benzene rings is 2. The minimum Gasteiger partial charge on any atom is -0.489 e. The van der Waals surface area contributed by atoms with Crippen LogP contribution in [0.25, 0.3) is 0 Å². The Labute approximate surface area is 130 Å². The van der Waals surface area contributed by atoms with Crippen LogP contribution in [0.3, 0.4) is 0 Å². The van der Waals surface area contributed by atoms with Gasteiger partial charge in [0.25, 0.3) is 0 Å². The minimum atomic E-state index is 0.597. The molecule has 0 bridgehead atoms. The number of aryl methyl sites for hydroxylation is 3. The van der Waals surface area contributed by atoms with Crippen LogP contribution in [0.15, 0.2) is 60.8 Å². The summed E-state index contributed by atoms with van der Waals surface area (Å²) in [6.07, 6.45) is 3.81. The monoisotopic (exact) mass is 293 g/mol. The predicted molar refractivity (Wildman–Crippen MR) is 85.6 cm³/mol. The van der Waals surface area contributed by atoms with Crippen molar-refractivity contribution >= 4 is 0 Å². The second-order valence-corrected chi connectivity index (χ2v) is 5.30. The molecule has 1 aromatic heterocycles. The number of nitrogens with zero attached hydrogens (tertiary/aromatic N) is 3. The summed E-state index contributed by atoms with van der Waals surface area (Å²) in [5, 5.41) is 8.04. The first-order chi connectivity index (χ1) is 10.8. The minimum absolute atomic E-state index is 0.597. The van der Waals surface area contributed by atoms with Gasteiger partial charge in [0.05, 0.1) is 5.69 Å². The van der Waals surface area contributed by atoms with Gasteiger partial charge < -0.3 is 4.74 Å². The zero-order chi connectivity index (χ0) is 15.2. The van der Waals surface area contributed by atoms with Crippen molar-refractivity contribution in [1.82, 2.24) is 15.0 Å². The molecule has 2 aromatic carbocycles. The summed E-state index contributed by atoms with van der Waals surface area (Å²) in [7, 11) is 1.88. The van der Waals surface area contributed by atoms with Crippen LogP contribution in [-0.2, 0) is 26.5 Å². The Kier molecular flexibility index (Phi) is 4.49. The fourth-order valence-corrected chi connectivity index (χ4v) is 2.28. The lowest BCUT2D eigenvalue weighted by Gasteiger charge is -2.07. The van der Waals surface area contributed by atoms with Gasteiger partial charge in [-0.3, -0.25) is 4.68 Å². The van der Waals surface area contributed by atoms with Crippen molar-refractivity contribution in [3.8, 4) is 5.75 Å². The van der Waals surface area contributed by atoms with Gasteiger partial charge in [-0.2, -0.15) is 0 Å². The molecule has 0 unspecified atom stereocenters. The Morgan fingerprint density at radius 3 is 2.36 bits per heavy atom. The van der Waals surface area contributed by atoms with Gasteiger partial charge in [0.2, 0.25) is 0 Å². The van der Waals surface area contributed by atoms with Crippen LogP contribution >= 0.6 is 0 Å². The molecule has 1 heterocycles. The number of aromatic nitrogens is 3. The summed E-state index contributed by atoms with van der Waals surface area (Å²) in [4.78, 5) is 0. The first-order valence-corrected chi connectivity index (χ1v) is 7.40. The molecular weight excluding hydrogens is 274 g/mol. The van der Waals surface area contributed by atoms with E-state index in [0.717, 1.165) is 24.3 Å². The quantitative estimate of drug-likeness (QED) is 0.701. The molecule has 4 heteroatoms. The Bertz CT molecular complexity index is 705. The maximum atomic E-state index is 5.79. The van der Waals surface area contributed by atoms with E-state index in [2.05, 4.69) is 34.6 Å². The average Bonchev–Trinajstić information content (AvgIpc) is 2.98. The number of rotatable bonds is 6. The molecule has 4 nitrogen and oxygen atoms in total. The molecule has 0 amide bonds. The van der Waals surface area contributed by atoms with Crippen molar-refractivity contribution in [2.45, 2.75) is 19.4 Å². The molecule has 0 spiro atoms. The Morgan fingerprint density at radius 2 is 1.68 bits per heavy atom. The van der Waals surface area contributed by atoms with Crippen LogP contribution in [0.4, 0.5) is 0 Å². The van der Waals surface area contributed by atoms with Crippen molar-refractivity contribution < 1.29 is 4.74 Å². The average molecular weight is 293 g/mol. The summed E-state index contributed by atoms with van der Waals surface area (Å²) in [6.45, 7) is 0.597. The van der Waals surface area contributed by atoms with Crippen molar-refractivity contribution in [2.24, 2.45) is 7.05 Å². The first-order valence-electron chi connectivity index (χ1n) is 7.40. The van der Waals surface area contributed by atoms with Gasteiger partial charge in [-0.05, 0) is 36.1 Å². The van der Waals surface area contributed by atoms with E-state index in [9.17, 15) is 0 Å². The Hall–Kier alpha value is -2.62. The summed E-state index contributed by atoms with van der Waals surface area (Å²) in [5.74, 6) is 0.895. The van der Waals surface area contributed by atoms with E-state index >= 15 is 0 Å². The zero-order valence-corrected chi connectivity index (χ0v) is 12.6. The van der Waals surface area contributed by atoms with Gasteiger partial charge in [0.15, 0.2) is 0 Å². The number of hydrogen-bond donors (Lipinski definition) is 0. The molecule has 3 aromatic rings. The van der Waals surface area contributed by atoms with Crippen LogP contribution in [0.5, 0.6) is 5.75 Å². The molecule has 0 atom stereocenters. The third-order valence-electron chi connectivity index (χ3n) is 3.49. The van der Waals surface area contributed by atoms with Gasteiger partial charge in [-0.1, -0.05) is 47.7 Å². The highest BCUT2D eigenvalue weighted by Gasteiger charge is 2.01. The molecule has 0 aliphatic heterocycles. The van der Waals surface area contributed by atoms with Gasteiger partial charge in [-0.15, -0.1) is 5.10 Å². The van der Waals surface area contributed by atoms with Crippen molar-refractivity contribution in [2.75, 3.05) is 0 Å². The second-order valence-electron chi connectivity index (χ2n) is 5.30. The van der Waals surface area contributed by atoms with E-state index in [1.165, 1.54) is 11.1 Å². The smallest absolute Gasteiger partial charge is 0.119 e. The molecule has 0 aliphatic carbocycles. The highest BCUT2D eigenvalue weighted by molar-refractivity contribution is 5.28. The SMILES string of the molecule is Cn1cc(CCc2ccc(OCc3ccccc3)cc2)nn1. The lowest BCUT2D eigenvalue weighted by atomic mass is 10.1. The van der Waals surface area contributed by atoms with Crippen LogP contribution < -0.4 is 4.74 Å². The number of ether oxygens (including phenoxy) is 1. The molecule has 22 heavy (non-hydrogen) atoms. The second kappa shape index (κ2) is 6.89. The van der Waals surface area contributed by atoms with Crippen molar-refractivity contribution in [3.05, 3.63) is 77.6 Å². The van der Waals surface area contributed by atoms with E-state index in [1.54, 1.807) is 4.68 Å². The largest absolute Gasteiger partial charge is 0.489 e. The highest BCUT2D eigenvalue weighted by Crippen LogP contribution is 2.15. The Morgan fingerprint density at radius 1 is 0.909 bits per heavy atom. The molecule has 112 valence electrons. The molecular formula is C18H19N3O. The molecule has 0 saturated carbocycles. The summed E-state index contributed by atoms with van der Waals surface area (Å²) in [6, 6.07) is 18.4. The van der Waals surface area contributed by atoms with E-state index in [4.69, 9.17) is 4.74 Å². The van der Waals surface area contributed by atoms with Crippen LogP contribution in [0.2, 0.25) is 0 Å². The van der Waals surface area contributed by atoms with Gasteiger partial charge in [0, 0.05) is 13.2 Å². The van der Waals surface area contributed by atoms with E-state index in [-0.39, 0.29) is 0 Å². The molecule has 0 saturated heterocycles. The topological polar surface area (TPSA) is 39.9 Å². The third-order valence-corrected chi connectivity index (χ3v) is 3.49. The molecule has 0 aliphatic rings. The van der Waals surface area contributed by atoms with Crippen molar-refractivity contribution in [3.63, 3.8) is 0 Å². The fourth-order valence-electron chi connectivity index (χ4n) is 2.28. The third kappa shape index (κ3) is 3.95. The van der Waals surface area contributed by atoms with Crippen molar-refractivity contribution in [1.29, 1.82) is 0 Å². The molecule has 0 N–H and O–H groups in total. The zero-order valence-electron chi connectivity index (χ0n) is 12.6. The van der Waals surface area contributed by atoms with Crippen LogP contribution in [0, 0.1) is 0 Å². The maximum absolute atomic E-state index is 5.79. The molecule has 0 fully saturated rings. The van der Waals surface area contributed by atoms with Crippen LogP contribution in [-0.4, -0.2) is 15.0 Å². The summed E-state index contributed by atoms with van der Waals surface area (Å²) >= 11 is 0. The van der Waals surface area contributed by atoms with E-state index in [0.29, 0.717) is 6.61 Å². The fraction of sp³-hybridized carbons (Fsp3) is 0.222. The van der Waals surface area contributed by atoms with Gasteiger partial charge >= 0.3 is 0 Å². The highest BCUT2D eigenvalue weighted by atomic mass is 16.5. The maximum Gasteiger partial charge on any atom is 0.119 e. The van der Waals surface area contributed by atoms with Gasteiger partial charge in [0.1, 0.15) is 12.4 Å². The lowest BCUT2D eigenvalue weighted by Crippen LogP contribution is -1.96. The van der Waals surface area contributed by atoms with Crippen LogP contribution in [0.1, 0.15) is 16.8 Å². The Balaban J connectivity index is 1.51. The predicted octanol–water partition coefficient (Wildman–Crippen LogP) is 3.18. The molecule has 0 radical (unpaired) electrons. The van der Waals surface area contributed by atoms with E-state index < -0.39 is 0 Å². The normalized spacial score (nSPS) is 10.6. The lowest BCUT2D eigenvalue weighted by molar-refractivity contribution is 0.306. The first kappa shape index (κ1) is 14.3. The van der Waals surface area contributed by atoms with Gasteiger partial charge in [-0.25, -0.2) is 0 Å².